The lowest BCUT2D eigenvalue weighted by atomic mass is 10.00. The molecule has 2 unspecified atom stereocenters. The monoisotopic (exact) mass is 734 g/mol. The normalized spacial score (nSPS) is 15.9. The Labute approximate surface area is 327 Å². The third kappa shape index (κ3) is 5.12. The van der Waals surface area contributed by atoms with Crippen LogP contribution >= 0.6 is 0 Å². The summed E-state index contributed by atoms with van der Waals surface area (Å²) in [5, 5.41) is 14.1. The number of benzene rings is 8. The van der Waals surface area contributed by atoms with Gasteiger partial charge in [-0.15, -0.1) is 0 Å². The molecule has 1 aliphatic rings. The van der Waals surface area contributed by atoms with Crippen molar-refractivity contribution in [2.24, 2.45) is 4.99 Å². The maximum atomic E-state index is 6.78. The fourth-order valence-electron chi connectivity index (χ4n) is 8.78. The summed E-state index contributed by atoms with van der Waals surface area (Å²) in [4.78, 5) is 5.16. The summed E-state index contributed by atoms with van der Waals surface area (Å²) in [5.74, 6) is 0.817. The third-order valence-electron chi connectivity index (χ3n) is 11.5. The molecule has 2 N–H and O–H groups in total. The van der Waals surface area contributed by atoms with Crippen LogP contribution in [0.4, 0.5) is 0 Å². The Morgan fingerprint density at radius 2 is 1.11 bits per heavy atom. The minimum absolute atomic E-state index is 0.115. The molecule has 6 nitrogen and oxygen atoms in total. The highest BCUT2D eigenvalue weighted by atomic mass is 16.3. The van der Waals surface area contributed by atoms with Crippen molar-refractivity contribution in [1.82, 2.24) is 15.2 Å². The topological polar surface area (TPSA) is 67.6 Å². The van der Waals surface area contributed by atoms with Gasteiger partial charge in [-0.3, -0.25) is 5.32 Å². The van der Waals surface area contributed by atoms with Crippen LogP contribution in [0.3, 0.4) is 0 Å². The molecule has 8 aromatic carbocycles. The number of hydrogen-bond donors (Lipinski definition) is 2. The van der Waals surface area contributed by atoms with Gasteiger partial charge in [-0.05, 0) is 65.2 Å². The fourth-order valence-corrected chi connectivity index (χ4v) is 8.78. The lowest BCUT2D eigenvalue weighted by Gasteiger charge is -2.32. The van der Waals surface area contributed by atoms with Gasteiger partial charge in [-0.1, -0.05) is 127 Å². The predicted molar refractivity (Wildman–Crippen MR) is 232 cm³/mol. The van der Waals surface area contributed by atoms with Gasteiger partial charge in [0.25, 0.3) is 0 Å². The van der Waals surface area contributed by atoms with Crippen molar-refractivity contribution >= 4 is 71.5 Å². The van der Waals surface area contributed by atoms with Crippen LogP contribution in [0.5, 0.6) is 0 Å². The van der Waals surface area contributed by atoms with E-state index in [4.69, 9.17) is 13.8 Å². The largest absolute Gasteiger partial charge is 0.456 e. The van der Waals surface area contributed by atoms with Gasteiger partial charge in [-0.25, -0.2) is 4.99 Å². The van der Waals surface area contributed by atoms with Crippen LogP contribution in [0.2, 0.25) is 0 Å². The summed E-state index contributed by atoms with van der Waals surface area (Å²) < 4.78 is 15.6. The second kappa shape index (κ2) is 12.6. The Hall–Kier alpha value is -7.41. The van der Waals surface area contributed by atoms with Crippen molar-refractivity contribution in [3.8, 4) is 16.8 Å². The van der Waals surface area contributed by atoms with Crippen molar-refractivity contribution in [1.29, 1.82) is 0 Å². The quantitative estimate of drug-likeness (QED) is 0.185. The highest BCUT2D eigenvalue weighted by molar-refractivity contribution is 6.14. The highest BCUT2D eigenvalue weighted by Crippen LogP contribution is 2.40. The summed E-state index contributed by atoms with van der Waals surface area (Å²) in [6.07, 6.45) is -0.323. The Balaban J connectivity index is 0.936. The summed E-state index contributed by atoms with van der Waals surface area (Å²) >= 11 is 0. The number of rotatable bonds is 5. The maximum absolute atomic E-state index is 6.78. The predicted octanol–water partition coefficient (Wildman–Crippen LogP) is 12.6. The first-order valence-electron chi connectivity index (χ1n) is 19.3. The van der Waals surface area contributed by atoms with Crippen molar-refractivity contribution in [3.63, 3.8) is 0 Å². The molecule has 0 fully saturated rings. The molecule has 57 heavy (non-hydrogen) atoms. The van der Waals surface area contributed by atoms with E-state index in [1.54, 1.807) is 0 Å². The minimum atomic E-state index is -0.209. The van der Waals surface area contributed by atoms with E-state index in [0.717, 1.165) is 83.2 Å². The molecule has 0 saturated heterocycles. The first-order valence-corrected chi connectivity index (χ1v) is 19.3. The number of aromatic nitrogens is 1. The van der Waals surface area contributed by atoms with Gasteiger partial charge in [0.2, 0.25) is 0 Å². The Bertz CT molecular complexity index is 3320. The Morgan fingerprint density at radius 1 is 0.456 bits per heavy atom. The molecule has 0 spiro atoms. The van der Waals surface area contributed by atoms with Crippen LogP contribution in [0.1, 0.15) is 29.0 Å². The van der Waals surface area contributed by atoms with Gasteiger partial charge >= 0.3 is 0 Å². The van der Waals surface area contributed by atoms with Crippen LogP contribution in [-0.4, -0.2) is 10.4 Å². The van der Waals surface area contributed by atoms with Crippen LogP contribution in [-0.2, 0) is 0 Å². The number of para-hydroxylation sites is 3. The average molecular weight is 735 g/mol. The molecular formula is C51H34N4O2. The van der Waals surface area contributed by atoms with Gasteiger partial charge in [0.05, 0.1) is 11.0 Å². The van der Waals surface area contributed by atoms with Gasteiger partial charge in [0.1, 0.15) is 40.5 Å². The zero-order valence-electron chi connectivity index (χ0n) is 30.7. The Morgan fingerprint density at radius 3 is 1.89 bits per heavy atom. The number of aliphatic imine (C=N–C) groups is 1. The van der Waals surface area contributed by atoms with E-state index in [1.807, 2.05) is 12.1 Å². The van der Waals surface area contributed by atoms with Crippen molar-refractivity contribution in [2.75, 3.05) is 0 Å². The van der Waals surface area contributed by atoms with Gasteiger partial charge in [0, 0.05) is 55.2 Å². The summed E-state index contributed by atoms with van der Waals surface area (Å²) in [6, 6.07) is 63.8. The molecular weight excluding hydrogens is 701 g/mol. The maximum Gasteiger partial charge on any atom is 0.143 e. The second-order valence-corrected chi connectivity index (χ2v) is 14.8. The van der Waals surface area contributed by atoms with E-state index in [1.165, 1.54) is 21.8 Å². The molecule has 0 saturated carbocycles. The molecule has 0 amide bonds. The summed E-state index contributed by atoms with van der Waals surface area (Å²) in [5.41, 5.74) is 12.1. The first-order chi connectivity index (χ1) is 28.2. The number of amidine groups is 1. The van der Waals surface area contributed by atoms with E-state index < -0.39 is 0 Å². The summed E-state index contributed by atoms with van der Waals surface area (Å²) in [7, 11) is 0. The summed E-state index contributed by atoms with van der Waals surface area (Å²) in [6.45, 7) is 0. The molecule has 11 aromatic rings. The molecule has 0 aliphatic carbocycles. The SMILES string of the molecule is c1ccc(C2N=C(c3ccc4c(c3)oc3c(-c5ccc6oc7cc(-n8c9ccccc9c9ccccc98)ccc7c6c5)cccc34)NC(c3ccccc3)N2)cc1. The number of nitrogens with zero attached hydrogens (tertiary/aromatic N) is 2. The van der Waals surface area contributed by atoms with Crippen LogP contribution in [0.15, 0.2) is 196 Å². The van der Waals surface area contributed by atoms with Crippen LogP contribution < -0.4 is 10.6 Å². The van der Waals surface area contributed by atoms with Gasteiger partial charge in [0.15, 0.2) is 0 Å². The zero-order valence-corrected chi connectivity index (χ0v) is 30.7. The minimum Gasteiger partial charge on any atom is -0.456 e. The van der Waals surface area contributed by atoms with Gasteiger partial charge in [-0.2, -0.15) is 0 Å². The highest BCUT2D eigenvalue weighted by Gasteiger charge is 2.26. The molecule has 1 aliphatic heterocycles. The fraction of sp³-hybridized carbons (Fsp3) is 0.0392. The van der Waals surface area contributed by atoms with Crippen molar-refractivity contribution in [2.45, 2.75) is 12.3 Å². The van der Waals surface area contributed by atoms with Crippen LogP contribution in [0.25, 0.3) is 82.5 Å². The van der Waals surface area contributed by atoms with E-state index in [9.17, 15) is 0 Å². The molecule has 0 bridgehead atoms. The van der Waals surface area contributed by atoms with Crippen molar-refractivity contribution in [3.05, 3.63) is 199 Å². The molecule has 6 heteroatoms. The van der Waals surface area contributed by atoms with E-state index in [2.05, 4.69) is 185 Å². The molecule has 4 heterocycles. The van der Waals surface area contributed by atoms with Gasteiger partial charge < -0.3 is 18.7 Å². The lowest BCUT2D eigenvalue weighted by molar-refractivity contribution is 0.409. The molecule has 12 rings (SSSR count). The van der Waals surface area contributed by atoms with E-state index >= 15 is 0 Å². The number of hydrogen-bond acceptors (Lipinski definition) is 5. The average Bonchev–Trinajstić information content (AvgIpc) is 3.95. The number of furan rings is 2. The lowest BCUT2D eigenvalue weighted by Crippen LogP contribution is -2.44. The third-order valence-corrected chi connectivity index (χ3v) is 11.5. The van der Waals surface area contributed by atoms with Crippen LogP contribution in [0, 0.1) is 0 Å². The van der Waals surface area contributed by atoms with E-state index in [0.29, 0.717) is 0 Å². The molecule has 3 aromatic heterocycles. The standard InChI is InChI=1S/C51H34N4O2/c1-3-12-31(13-4-1)49-52-50(32-14-5-2-6-15-32)54-51(53-49)34-22-25-39-41-19-11-18-36(48(41)57-46(39)29-34)33-23-27-45-42(28-33)40-26-24-35(30-47(40)56-45)55-43-20-9-7-16-37(43)38-17-8-10-21-44(38)55/h1-30,49-50,52H,(H,53,54). The Kier molecular flexibility index (Phi) is 7.03. The smallest absolute Gasteiger partial charge is 0.143 e. The number of nitrogens with one attached hydrogen (secondary N) is 2. The van der Waals surface area contributed by atoms with Crippen molar-refractivity contribution < 1.29 is 8.83 Å². The zero-order chi connectivity index (χ0) is 37.5. The molecule has 2 atom stereocenters. The number of fused-ring (bicyclic) bond motifs is 9. The van der Waals surface area contributed by atoms with E-state index in [-0.39, 0.29) is 12.3 Å². The first kappa shape index (κ1) is 31.9. The second-order valence-electron chi connectivity index (χ2n) is 14.8. The molecule has 270 valence electrons. The molecule has 0 radical (unpaired) electrons.